The number of aryl methyl sites for hydroxylation is 1. The number of amides is 1. The maximum Gasteiger partial charge on any atom is 0.455 e. The van der Waals surface area contributed by atoms with Crippen LogP contribution in [0.3, 0.4) is 0 Å². The third-order valence-electron chi connectivity index (χ3n) is 4.92. The molecule has 2 atom stereocenters. The van der Waals surface area contributed by atoms with Crippen LogP contribution in [0.15, 0.2) is 42.6 Å². The minimum atomic E-state index is -5.85. The van der Waals surface area contributed by atoms with Crippen LogP contribution >= 0.6 is 0 Å². The molecule has 0 aliphatic heterocycles. The monoisotopic (exact) mass is 468 g/mol. The summed E-state index contributed by atoms with van der Waals surface area (Å²) in [6.07, 6.45) is -4.25. The summed E-state index contributed by atoms with van der Waals surface area (Å²) in [6, 6.07) is 6.43. The Hall–Kier alpha value is -3.06. The predicted octanol–water partition coefficient (Wildman–Crippen LogP) is 4.94. The van der Waals surface area contributed by atoms with Gasteiger partial charge in [0, 0.05) is 11.8 Å². The summed E-state index contributed by atoms with van der Waals surface area (Å²) < 4.78 is 69.1. The number of carbonyl (C=O) groups excluding carboxylic acids is 1. The van der Waals surface area contributed by atoms with Crippen LogP contribution < -0.4 is 10.6 Å². The van der Waals surface area contributed by atoms with Crippen molar-refractivity contribution in [3.05, 3.63) is 53.7 Å². The summed E-state index contributed by atoms with van der Waals surface area (Å²) in [7, 11) is 0. The molecule has 1 aromatic heterocycles. The largest absolute Gasteiger partial charge is 0.455 e. The van der Waals surface area contributed by atoms with Crippen LogP contribution in [0.2, 0.25) is 0 Å². The zero-order chi connectivity index (χ0) is 24.8. The van der Waals surface area contributed by atoms with E-state index >= 15 is 0 Å². The van der Waals surface area contributed by atoms with Crippen molar-refractivity contribution in [3.63, 3.8) is 0 Å². The average molecular weight is 468 g/mol. The highest BCUT2D eigenvalue weighted by molar-refractivity contribution is 5.82. The van der Waals surface area contributed by atoms with E-state index in [2.05, 4.69) is 15.6 Å². The average Bonchev–Trinajstić information content (AvgIpc) is 2.74. The van der Waals surface area contributed by atoms with Crippen LogP contribution in [-0.2, 0) is 4.79 Å². The summed E-state index contributed by atoms with van der Waals surface area (Å²) in [4.78, 5) is 16.6. The van der Waals surface area contributed by atoms with Gasteiger partial charge in [-0.05, 0) is 36.5 Å². The molecule has 2 rings (SSSR count). The van der Waals surface area contributed by atoms with Crippen molar-refractivity contribution in [2.24, 2.45) is 5.92 Å². The van der Waals surface area contributed by atoms with Gasteiger partial charge in [0.05, 0.1) is 17.8 Å². The first kappa shape index (κ1) is 26.2. The molecule has 33 heavy (non-hydrogen) atoms. The van der Waals surface area contributed by atoms with Gasteiger partial charge in [-0.1, -0.05) is 44.2 Å². The van der Waals surface area contributed by atoms with Crippen LogP contribution in [0, 0.1) is 24.2 Å². The second kappa shape index (κ2) is 10.7. The van der Waals surface area contributed by atoms with E-state index in [1.54, 1.807) is 38.2 Å². The van der Waals surface area contributed by atoms with Gasteiger partial charge in [-0.2, -0.15) is 27.2 Å². The Balaban J connectivity index is 2.44. The lowest BCUT2D eigenvalue weighted by molar-refractivity contribution is -0.295. The first-order chi connectivity index (χ1) is 15.4. The molecule has 0 unspecified atom stereocenters. The number of halogens is 5. The molecular weight excluding hydrogens is 443 g/mol. The van der Waals surface area contributed by atoms with Gasteiger partial charge < -0.3 is 5.32 Å². The van der Waals surface area contributed by atoms with Gasteiger partial charge in [0.2, 0.25) is 5.91 Å². The van der Waals surface area contributed by atoms with Crippen molar-refractivity contribution in [2.75, 3.05) is 6.54 Å². The Morgan fingerprint density at radius 1 is 1.09 bits per heavy atom. The van der Waals surface area contributed by atoms with Crippen molar-refractivity contribution < 1.29 is 26.7 Å². The molecule has 0 saturated carbocycles. The van der Waals surface area contributed by atoms with E-state index in [0.717, 1.165) is 17.7 Å². The lowest BCUT2D eigenvalue weighted by Gasteiger charge is -2.33. The fourth-order valence-electron chi connectivity index (χ4n) is 3.23. The van der Waals surface area contributed by atoms with E-state index in [9.17, 15) is 26.7 Å². The molecule has 0 radical (unpaired) electrons. The highest BCUT2D eigenvalue weighted by atomic mass is 19.4. The maximum atomic E-state index is 14.6. The minimum absolute atomic E-state index is 0.00688. The Labute approximate surface area is 189 Å². The Kier molecular flexibility index (Phi) is 8.50. The normalized spacial score (nSPS) is 13.9. The zero-order valence-corrected chi connectivity index (χ0v) is 18.4. The number of benzene rings is 1. The first-order valence-corrected chi connectivity index (χ1v) is 10.2. The van der Waals surface area contributed by atoms with E-state index in [0.29, 0.717) is 11.3 Å². The summed E-state index contributed by atoms with van der Waals surface area (Å²) in [5.74, 6) is -6.18. The standard InChI is InChI=1S/C23H25F5N4O/c1-14(2)12-19(21(33)30-11-10-29)32-20(22(24,25)23(26,27)28)17-7-5-16(6-8-17)18-9-4-15(3)13-31-18/h4-9,13-14,19-20,32H,11-12H2,1-3H3,(H,30,33)/t19-,20-/m0/s1. The van der Waals surface area contributed by atoms with Gasteiger partial charge >= 0.3 is 12.1 Å². The second-order valence-electron chi connectivity index (χ2n) is 8.12. The molecule has 2 aromatic rings. The van der Waals surface area contributed by atoms with Crippen molar-refractivity contribution in [1.82, 2.24) is 15.6 Å². The van der Waals surface area contributed by atoms with E-state index in [4.69, 9.17) is 5.26 Å². The highest BCUT2D eigenvalue weighted by Crippen LogP contribution is 2.45. The molecule has 0 aliphatic carbocycles. The van der Waals surface area contributed by atoms with Crippen LogP contribution in [-0.4, -0.2) is 35.6 Å². The number of alkyl halides is 5. The number of rotatable bonds is 9. The summed E-state index contributed by atoms with van der Waals surface area (Å²) in [5, 5.41) is 13.1. The van der Waals surface area contributed by atoms with Gasteiger partial charge in [0.15, 0.2) is 0 Å². The molecule has 178 valence electrons. The fraction of sp³-hybridized carbons (Fsp3) is 0.435. The second-order valence-corrected chi connectivity index (χ2v) is 8.12. The van der Waals surface area contributed by atoms with Crippen LogP contribution in [0.5, 0.6) is 0 Å². The molecule has 1 amide bonds. The van der Waals surface area contributed by atoms with E-state index in [1.165, 1.54) is 12.1 Å². The number of nitriles is 1. The van der Waals surface area contributed by atoms with Gasteiger partial charge in [-0.25, -0.2) is 0 Å². The number of carbonyl (C=O) groups is 1. The number of hydrogen-bond donors (Lipinski definition) is 2. The smallest absolute Gasteiger partial charge is 0.342 e. The Bertz CT molecular complexity index is 966. The summed E-state index contributed by atoms with van der Waals surface area (Å²) in [6.45, 7) is 4.85. The van der Waals surface area contributed by atoms with Gasteiger partial charge in [-0.15, -0.1) is 0 Å². The lowest BCUT2D eigenvalue weighted by atomic mass is 9.95. The molecule has 2 N–H and O–H groups in total. The molecule has 0 saturated heterocycles. The number of hydrogen-bond acceptors (Lipinski definition) is 4. The summed E-state index contributed by atoms with van der Waals surface area (Å²) in [5.41, 5.74) is 1.65. The molecule has 0 spiro atoms. The van der Waals surface area contributed by atoms with Gasteiger partial charge in [0.25, 0.3) is 0 Å². The SMILES string of the molecule is Cc1ccc(-c2ccc([C@H](N[C@@H](CC(C)C)C(=O)NCC#N)C(F)(F)C(F)(F)F)cc2)nc1. The van der Waals surface area contributed by atoms with Gasteiger partial charge in [-0.3, -0.25) is 15.1 Å². The Morgan fingerprint density at radius 3 is 2.21 bits per heavy atom. The molecular formula is C23H25F5N4O. The quantitative estimate of drug-likeness (QED) is 0.404. The fourth-order valence-corrected chi connectivity index (χ4v) is 3.23. The van der Waals surface area contributed by atoms with Crippen LogP contribution in [0.4, 0.5) is 22.0 Å². The third-order valence-corrected chi connectivity index (χ3v) is 4.92. The van der Waals surface area contributed by atoms with E-state index < -0.39 is 36.6 Å². The Morgan fingerprint density at radius 2 is 1.73 bits per heavy atom. The van der Waals surface area contributed by atoms with Crippen LogP contribution in [0.25, 0.3) is 11.3 Å². The van der Waals surface area contributed by atoms with E-state index in [-0.39, 0.29) is 17.9 Å². The molecule has 10 heteroatoms. The molecule has 1 aromatic carbocycles. The first-order valence-electron chi connectivity index (χ1n) is 10.2. The van der Waals surface area contributed by atoms with Gasteiger partial charge in [0.1, 0.15) is 12.6 Å². The topological polar surface area (TPSA) is 77.8 Å². The predicted molar refractivity (Wildman–Crippen MR) is 113 cm³/mol. The zero-order valence-electron chi connectivity index (χ0n) is 18.4. The maximum absolute atomic E-state index is 14.6. The lowest BCUT2D eigenvalue weighted by Crippen LogP contribution is -2.54. The molecule has 1 heterocycles. The number of nitrogens with one attached hydrogen (secondary N) is 2. The number of pyridine rings is 1. The highest BCUT2D eigenvalue weighted by Gasteiger charge is 2.63. The molecule has 0 bridgehead atoms. The molecule has 0 fully saturated rings. The number of aromatic nitrogens is 1. The van der Waals surface area contributed by atoms with Crippen molar-refractivity contribution in [1.29, 1.82) is 5.26 Å². The number of nitrogens with zero attached hydrogens (tertiary/aromatic N) is 2. The van der Waals surface area contributed by atoms with E-state index in [1.807, 2.05) is 6.92 Å². The molecule has 5 nitrogen and oxygen atoms in total. The van der Waals surface area contributed by atoms with Crippen molar-refractivity contribution in [3.8, 4) is 17.3 Å². The molecule has 0 aliphatic rings. The van der Waals surface area contributed by atoms with Crippen LogP contribution in [0.1, 0.15) is 37.4 Å². The third kappa shape index (κ3) is 6.71. The van der Waals surface area contributed by atoms with Crippen molar-refractivity contribution in [2.45, 2.75) is 51.4 Å². The minimum Gasteiger partial charge on any atom is -0.342 e. The van der Waals surface area contributed by atoms with Crippen molar-refractivity contribution >= 4 is 5.91 Å². The summed E-state index contributed by atoms with van der Waals surface area (Å²) >= 11 is 0.